The van der Waals surface area contributed by atoms with Crippen molar-refractivity contribution in [3.63, 3.8) is 0 Å². The summed E-state index contributed by atoms with van der Waals surface area (Å²) in [5.74, 6) is -1.54. The maximum Gasteiger partial charge on any atom is 0.255 e. The summed E-state index contributed by atoms with van der Waals surface area (Å²) < 4.78 is 1.71. The van der Waals surface area contributed by atoms with E-state index in [0.717, 1.165) is 22.4 Å². The number of benzene rings is 2. The van der Waals surface area contributed by atoms with Crippen molar-refractivity contribution < 1.29 is 19.8 Å². The Kier molecular flexibility index (Phi) is 6.27. The van der Waals surface area contributed by atoms with E-state index in [2.05, 4.69) is 10.4 Å². The summed E-state index contributed by atoms with van der Waals surface area (Å²) in [5, 5.41) is 28.0. The molecule has 1 aliphatic heterocycles. The normalized spacial score (nSPS) is 15.7. The lowest BCUT2D eigenvalue weighted by Gasteiger charge is -2.24. The molecule has 8 nitrogen and oxygen atoms in total. The molecule has 2 heterocycles. The van der Waals surface area contributed by atoms with E-state index in [1.165, 1.54) is 4.90 Å². The van der Waals surface area contributed by atoms with Gasteiger partial charge >= 0.3 is 0 Å². The van der Waals surface area contributed by atoms with Gasteiger partial charge in [0.05, 0.1) is 11.7 Å². The molecule has 1 aromatic heterocycles. The molecule has 0 aliphatic carbocycles. The smallest absolute Gasteiger partial charge is 0.255 e. The molecule has 0 fully saturated rings. The number of aromatic nitrogens is 2. The molecule has 4 rings (SSSR count). The fraction of sp³-hybridized carbons (Fsp3) is 0.261. The summed E-state index contributed by atoms with van der Waals surface area (Å²) in [6.45, 7) is 2.30. The van der Waals surface area contributed by atoms with Crippen LogP contribution in [-0.2, 0) is 22.7 Å². The Morgan fingerprint density at radius 1 is 1.06 bits per heavy atom. The maximum absolute atomic E-state index is 12.6. The molecular formula is C23H23ClN4O4. The van der Waals surface area contributed by atoms with Crippen LogP contribution in [0.5, 0.6) is 0 Å². The van der Waals surface area contributed by atoms with E-state index in [0.29, 0.717) is 5.02 Å². The van der Waals surface area contributed by atoms with Gasteiger partial charge in [-0.2, -0.15) is 5.10 Å². The minimum Gasteiger partial charge on any atom is -0.380 e. The molecule has 2 aromatic carbocycles. The predicted octanol–water partition coefficient (Wildman–Crippen LogP) is 1.97. The Hall–Kier alpha value is -3.20. The van der Waals surface area contributed by atoms with Crippen molar-refractivity contribution in [2.45, 2.75) is 38.3 Å². The molecule has 0 saturated heterocycles. The van der Waals surface area contributed by atoms with Crippen molar-refractivity contribution >= 4 is 23.4 Å². The number of aliphatic hydroxyl groups is 2. The van der Waals surface area contributed by atoms with Gasteiger partial charge in [0.2, 0.25) is 0 Å². The van der Waals surface area contributed by atoms with Gasteiger partial charge < -0.3 is 20.4 Å². The number of carbonyl (C=O) groups excluding carboxylic acids is 2. The highest BCUT2D eigenvalue weighted by Crippen LogP contribution is 2.26. The predicted molar refractivity (Wildman–Crippen MR) is 118 cm³/mol. The van der Waals surface area contributed by atoms with Crippen LogP contribution in [0, 0.1) is 0 Å². The first-order chi connectivity index (χ1) is 15.3. The van der Waals surface area contributed by atoms with Crippen LogP contribution < -0.4 is 5.32 Å². The van der Waals surface area contributed by atoms with Gasteiger partial charge in [0, 0.05) is 30.5 Å². The van der Waals surface area contributed by atoms with Crippen molar-refractivity contribution in [3.05, 3.63) is 82.6 Å². The molecule has 9 heteroatoms. The number of amides is 2. The lowest BCUT2D eigenvalue weighted by molar-refractivity contribution is -0.153. The highest BCUT2D eigenvalue weighted by Gasteiger charge is 2.36. The van der Waals surface area contributed by atoms with Crippen LogP contribution in [0.4, 0.5) is 0 Å². The molecule has 3 N–H and O–H groups in total. The van der Waals surface area contributed by atoms with E-state index in [4.69, 9.17) is 11.6 Å². The number of aliphatic hydroxyl groups excluding tert-OH is 2. The Balaban J connectivity index is 1.35. The number of halogens is 1. The summed E-state index contributed by atoms with van der Waals surface area (Å²) >= 11 is 5.99. The molecule has 3 aromatic rings. The van der Waals surface area contributed by atoms with E-state index in [9.17, 15) is 19.8 Å². The van der Waals surface area contributed by atoms with Crippen molar-refractivity contribution in [2.75, 3.05) is 0 Å². The topological polar surface area (TPSA) is 108 Å². The van der Waals surface area contributed by atoms with Gasteiger partial charge in [0.1, 0.15) is 0 Å². The van der Waals surface area contributed by atoms with Gasteiger partial charge in [0.15, 0.2) is 12.2 Å². The number of nitrogens with zero attached hydrogens (tertiary/aromatic N) is 3. The van der Waals surface area contributed by atoms with Gasteiger partial charge in [-0.05, 0) is 53.9 Å². The minimum atomic E-state index is -1.89. The molecule has 166 valence electrons. The Bertz CT molecular complexity index is 1120. The van der Waals surface area contributed by atoms with Gasteiger partial charge in [-0.15, -0.1) is 0 Å². The summed E-state index contributed by atoms with van der Waals surface area (Å²) in [6, 6.07) is 14.1. The lowest BCUT2D eigenvalue weighted by atomic mass is 10.1. The molecular weight excluding hydrogens is 432 g/mol. The number of hydrogen-bond donors (Lipinski definition) is 3. The SMILES string of the molecule is C[C@@H](NC(=O)[C@H](O)[C@@H](O)C(=O)N1Cc2ccc(Cl)cc2C1)c1ccc(-n2cccn2)cc1. The van der Waals surface area contributed by atoms with Crippen LogP contribution in [0.3, 0.4) is 0 Å². The molecule has 32 heavy (non-hydrogen) atoms. The van der Waals surface area contributed by atoms with Crippen molar-refractivity contribution in [1.29, 1.82) is 0 Å². The third-order valence-electron chi connectivity index (χ3n) is 5.54. The third kappa shape index (κ3) is 4.52. The minimum absolute atomic E-state index is 0.263. The van der Waals surface area contributed by atoms with Crippen LogP contribution in [0.2, 0.25) is 5.02 Å². The second-order valence-corrected chi connectivity index (χ2v) is 8.21. The standard InChI is InChI=1S/C23H23ClN4O4/c1-14(15-4-7-19(8-5-15)28-10-2-9-25-28)26-22(31)20(29)21(30)23(32)27-12-16-3-6-18(24)11-17(16)13-27/h2-11,14,20-21,29-30H,12-13H2,1H3,(H,26,31)/t14-,20-,21-/m1/s1. The fourth-order valence-electron chi connectivity index (χ4n) is 3.70. The number of carbonyl (C=O) groups is 2. The summed E-state index contributed by atoms with van der Waals surface area (Å²) in [6.07, 6.45) is -0.252. The first-order valence-corrected chi connectivity index (χ1v) is 10.5. The highest BCUT2D eigenvalue weighted by molar-refractivity contribution is 6.30. The first-order valence-electron chi connectivity index (χ1n) is 10.2. The van der Waals surface area contributed by atoms with Gasteiger partial charge in [0.25, 0.3) is 11.8 Å². The zero-order valence-corrected chi connectivity index (χ0v) is 18.1. The molecule has 0 spiro atoms. The lowest BCUT2D eigenvalue weighted by Crippen LogP contribution is -2.50. The van der Waals surface area contributed by atoms with E-state index in [1.807, 2.05) is 42.6 Å². The van der Waals surface area contributed by atoms with E-state index in [1.54, 1.807) is 29.9 Å². The van der Waals surface area contributed by atoms with Crippen LogP contribution in [0.1, 0.15) is 29.7 Å². The second kappa shape index (κ2) is 9.12. The largest absolute Gasteiger partial charge is 0.380 e. The van der Waals surface area contributed by atoms with Gasteiger partial charge in [-0.3, -0.25) is 9.59 Å². The average Bonchev–Trinajstić information content (AvgIpc) is 3.47. The first kappa shape index (κ1) is 22.0. The molecule has 3 atom stereocenters. The Labute approximate surface area is 190 Å². The molecule has 0 bridgehead atoms. The van der Waals surface area contributed by atoms with Crippen LogP contribution in [0.25, 0.3) is 5.69 Å². The third-order valence-corrected chi connectivity index (χ3v) is 5.78. The molecule has 0 saturated carbocycles. The highest BCUT2D eigenvalue weighted by atomic mass is 35.5. The monoisotopic (exact) mass is 454 g/mol. The number of hydrogen-bond acceptors (Lipinski definition) is 5. The molecule has 0 unspecified atom stereocenters. The van der Waals surface area contributed by atoms with E-state index < -0.39 is 30.1 Å². The fourth-order valence-corrected chi connectivity index (χ4v) is 3.90. The van der Waals surface area contributed by atoms with Crippen molar-refractivity contribution in [1.82, 2.24) is 20.0 Å². The summed E-state index contributed by atoms with van der Waals surface area (Å²) in [5.41, 5.74) is 3.46. The van der Waals surface area contributed by atoms with Crippen molar-refractivity contribution in [2.24, 2.45) is 0 Å². The van der Waals surface area contributed by atoms with Crippen LogP contribution >= 0.6 is 11.6 Å². The quantitative estimate of drug-likeness (QED) is 0.527. The zero-order chi connectivity index (χ0) is 22.8. The Morgan fingerprint density at radius 3 is 2.47 bits per heavy atom. The number of nitrogens with one attached hydrogen (secondary N) is 1. The van der Waals surface area contributed by atoms with Crippen LogP contribution in [-0.4, -0.2) is 48.9 Å². The number of rotatable bonds is 6. The van der Waals surface area contributed by atoms with E-state index in [-0.39, 0.29) is 13.1 Å². The van der Waals surface area contributed by atoms with Crippen LogP contribution in [0.15, 0.2) is 60.9 Å². The molecule has 2 amide bonds. The second-order valence-electron chi connectivity index (χ2n) is 7.77. The Morgan fingerprint density at radius 2 is 1.78 bits per heavy atom. The molecule has 0 radical (unpaired) electrons. The van der Waals surface area contributed by atoms with Gasteiger partial charge in [-0.1, -0.05) is 29.8 Å². The van der Waals surface area contributed by atoms with E-state index >= 15 is 0 Å². The average molecular weight is 455 g/mol. The summed E-state index contributed by atoms with van der Waals surface area (Å²) in [4.78, 5) is 26.5. The zero-order valence-electron chi connectivity index (χ0n) is 17.4. The van der Waals surface area contributed by atoms with Crippen molar-refractivity contribution in [3.8, 4) is 5.69 Å². The van der Waals surface area contributed by atoms with Gasteiger partial charge in [-0.25, -0.2) is 4.68 Å². The summed E-state index contributed by atoms with van der Waals surface area (Å²) in [7, 11) is 0. The number of fused-ring (bicyclic) bond motifs is 1. The molecule has 1 aliphatic rings. The maximum atomic E-state index is 12.6.